The molecule has 0 bridgehead atoms. The van der Waals surface area contributed by atoms with Gasteiger partial charge in [0, 0.05) is 44.0 Å². The first kappa shape index (κ1) is 22.4. The molecule has 2 aromatic heterocycles. The Kier molecular flexibility index (Phi) is 5.78. The molecule has 1 aliphatic rings. The van der Waals surface area contributed by atoms with Gasteiger partial charge in [-0.1, -0.05) is 30.3 Å². The molecule has 0 atom stereocenters. The zero-order valence-corrected chi connectivity index (χ0v) is 20.0. The molecular weight excluding hydrogens is 452 g/mol. The fraction of sp³-hybridized carbons (Fsp3) is 0.333. The summed E-state index contributed by atoms with van der Waals surface area (Å²) in [7, 11) is -3.61. The standard InChI is InChI=1S/C24H26N6O3S/c1-17-22(18(2)30-24(27-17)25-16-26-30)9-10-23(31)28-11-13-29(14-12-28)34(32,33)21-8-7-19-5-3-4-6-20(19)15-21/h3-8,15-16H,9-14H2,1-2H3. The Morgan fingerprint density at radius 3 is 2.50 bits per heavy atom. The van der Waals surface area contributed by atoms with Crippen LogP contribution in [0.15, 0.2) is 53.7 Å². The third-order valence-corrected chi connectivity index (χ3v) is 8.42. The van der Waals surface area contributed by atoms with E-state index < -0.39 is 10.0 Å². The summed E-state index contributed by atoms with van der Waals surface area (Å²) in [5, 5.41) is 6.09. The van der Waals surface area contributed by atoms with Crippen molar-refractivity contribution in [3.63, 3.8) is 0 Å². The van der Waals surface area contributed by atoms with Crippen LogP contribution in [0.5, 0.6) is 0 Å². The van der Waals surface area contributed by atoms with E-state index >= 15 is 0 Å². The van der Waals surface area contributed by atoms with Crippen molar-refractivity contribution in [2.75, 3.05) is 26.2 Å². The monoisotopic (exact) mass is 478 g/mol. The first-order valence-electron chi connectivity index (χ1n) is 11.3. The number of fused-ring (bicyclic) bond motifs is 2. The Bertz CT molecular complexity index is 1490. The van der Waals surface area contributed by atoms with Crippen molar-refractivity contribution >= 4 is 32.5 Å². The molecular formula is C24H26N6O3S. The molecule has 1 amide bonds. The van der Waals surface area contributed by atoms with Gasteiger partial charge >= 0.3 is 0 Å². The van der Waals surface area contributed by atoms with Crippen LogP contribution in [0.1, 0.15) is 23.4 Å². The SMILES string of the molecule is Cc1nc2ncnn2c(C)c1CCC(=O)N1CCN(S(=O)(=O)c2ccc3ccccc3c2)CC1. The summed E-state index contributed by atoms with van der Waals surface area (Å²) in [6.45, 7) is 5.19. The summed E-state index contributed by atoms with van der Waals surface area (Å²) in [5.41, 5.74) is 2.76. The average Bonchev–Trinajstić information content (AvgIpc) is 3.32. The van der Waals surface area contributed by atoms with E-state index in [2.05, 4.69) is 15.1 Å². The lowest BCUT2D eigenvalue weighted by atomic mass is 10.1. The van der Waals surface area contributed by atoms with Crippen molar-refractivity contribution in [1.82, 2.24) is 28.8 Å². The number of carbonyl (C=O) groups excluding carboxylic acids is 1. The second-order valence-electron chi connectivity index (χ2n) is 8.53. The zero-order chi connectivity index (χ0) is 23.9. The highest BCUT2D eigenvalue weighted by Crippen LogP contribution is 2.23. The topological polar surface area (TPSA) is 101 Å². The Labute approximate surface area is 198 Å². The molecule has 0 unspecified atom stereocenters. The predicted molar refractivity (Wildman–Crippen MR) is 128 cm³/mol. The van der Waals surface area contributed by atoms with E-state index in [0.29, 0.717) is 31.7 Å². The van der Waals surface area contributed by atoms with Gasteiger partial charge in [0.15, 0.2) is 0 Å². The van der Waals surface area contributed by atoms with Gasteiger partial charge in [0.05, 0.1) is 4.90 Å². The molecule has 176 valence electrons. The molecule has 0 N–H and O–H groups in total. The Balaban J connectivity index is 1.23. The number of rotatable bonds is 5. The van der Waals surface area contributed by atoms with E-state index in [1.807, 2.05) is 44.2 Å². The fourth-order valence-electron chi connectivity index (χ4n) is 4.56. The van der Waals surface area contributed by atoms with Crippen LogP contribution in [0.2, 0.25) is 0 Å². The number of amides is 1. The quantitative estimate of drug-likeness (QED) is 0.437. The first-order valence-corrected chi connectivity index (χ1v) is 12.7. The van der Waals surface area contributed by atoms with E-state index in [0.717, 1.165) is 27.7 Å². The van der Waals surface area contributed by atoms with Crippen LogP contribution in [0.25, 0.3) is 16.6 Å². The van der Waals surface area contributed by atoms with Gasteiger partial charge in [-0.3, -0.25) is 4.79 Å². The van der Waals surface area contributed by atoms with Gasteiger partial charge in [0.25, 0.3) is 5.78 Å². The van der Waals surface area contributed by atoms with Gasteiger partial charge in [0.1, 0.15) is 6.33 Å². The molecule has 1 aliphatic heterocycles. The summed E-state index contributed by atoms with van der Waals surface area (Å²) in [6.07, 6.45) is 2.35. The van der Waals surface area contributed by atoms with Gasteiger partial charge in [-0.25, -0.2) is 17.9 Å². The number of benzene rings is 2. The summed E-state index contributed by atoms with van der Waals surface area (Å²) < 4.78 is 29.5. The highest BCUT2D eigenvalue weighted by molar-refractivity contribution is 7.89. The highest BCUT2D eigenvalue weighted by atomic mass is 32.2. The maximum atomic E-state index is 13.2. The number of nitrogens with zero attached hydrogens (tertiary/aromatic N) is 6. The van der Waals surface area contributed by atoms with Gasteiger partial charge < -0.3 is 4.90 Å². The normalized spacial score (nSPS) is 15.3. The minimum atomic E-state index is -3.61. The fourth-order valence-corrected chi connectivity index (χ4v) is 6.02. The lowest BCUT2D eigenvalue weighted by Gasteiger charge is -2.34. The molecule has 2 aromatic carbocycles. The van der Waals surface area contributed by atoms with Gasteiger partial charge in [-0.05, 0) is 48.7 Å². The van der Waals surface area contributed by atoms with E-state index in [1.54, 1.807) is 21.5 Å². The maximum Gasteiger partial charge on any atom is 0.252 e. The molecule has 3 heterocycles. The number of hydrogen-bond acceptors (Lipinski definition) is 6. The lowest BCUT2D eigenvalue weighted by Crippen LogP contribution is -2.50. The van der Waals surface area contributed by atoms with Crippen molar-refractivity contribution in [1.29, 1.82) is 0 Å². The van der Waals surface area contributed by atoms with Crippen LogP contribution in [0, 0.1) is 13.8 Å². The number of sulfonamides is 1. The number of aromatic nitrogens is 4. The number of carbonyl (C=O) groups is 1. The average molecular weight is 479 g/mol. The summed E-state index contributed by atoms with van der Waals surface area (Å²) in [4.78, 5) is 23.5. The van der Waals surface area contributed by atoms with Crippen LogP contribution in [0.3, 0.4) is 0 Å². The van der Waals surface area contributed by atoms with E-state index in [9.17, 15) is 13.2 Å². The van der Waals surface area contributed by atoms with Crippen molar-refractivity contribution in [3.05, 3.63) is 65.7 Å². The molecule has 0 radical (unpaired) electrons. The van der Waals surface area contributed by atoms with Crippen molar-refractivity contribution in [2.24, 2.45) is 0 Å². The summed E-state index contributed by atoms with van der Waals surface area (Å²) >= 11 is 0. The number of hydrogen-bond donors (Lipinski definition) is 0. The highest BCUT2D eigenvalue weighted by Gasteiger charge is 2.30. The molecule has 10 heteroatoms. The van der Waals surface area contributed by atoms with Crippen LogP contribution >= 0.6 is 0 Å². The minimum Gasteiger partial charge on any atom is -0.340 e. The molecule has 0 aliphatic carbocycles. The Morgan fingerprint density at radius 1 is 1.00 bits per heavy atom. The molecule has 1 saturated heterocycles. The number of aryl methyl sites for hydroxylation is 2. The van der Waals surface area contributed by atoms with Crippen LogP contribution in [-0.2, 0) is 21.2 Å². The Morgan fingerprint density at radius 2 is 1.74 bits per heavy atom. The molecule has 0 spiro atoms. The van der Waals surface area contributed by atoms with Crippen molar-refractivity contribution in [3.8, 4) is 0 Å². The molecule has 0 saturated carbocycles. The van der Waals surface area contributed by atoms with Gasteiger partial charge in [-0.2, -0.15) is 14.4 Å². The molecule has 1 fully saturated rings. The molecule has 34 heavy (non-hydrogen) atoms. The van der Waals surface area contributed by atoms with Crippen LogP contribution in [0.4, 0.5) is 0 Å². The third-order valence-electron chi connectivity index (χ3n) is 6.53. The van der Waals surface area contributed by atoms with Crippen molar-refractivity contribution in [2.45, 2.75) is 31.6 Å². The zero-order valence-electron chi connectivity index (χ0n) is 19.2. The first-order chi connectivity index (χ1) is 16.3. The number of piperazine rings is 1. The van der Waals surface area contributed by atoms with Crippen LogP contribution in [-0.4, -0.2) is 69.3 Å². The minimum absolute atomic E-state index is 0.0141. The summed E-state index contributed by atoms with van der Waals surface area (Å²) in [6, 6.07) is 12.9. The van der Waals surface area contributed by atoms with E-state index in [4.69, 9.17) is 0 Å². The lowest BCUT2D eigenvalue weighted by molar-refractivity contribution is -0.132. The van der Waals surface area contributed by atoms with E-state index in [1.165, 1.54) is 10.6 Å². The molecule has 5 rings (SSSR count). The maximum absolute atomic E-state index is 13.2. The third kappa shape index (κ3) is 4.03. The van der Waals surface area contributed by atoms with E-state index in [-0.39, 0.29) is 23.9 Å². The largest absolute Gasteiger partial charge is 0.340 e. The second kappa shape index (κ2) is 8.77. The summed E-state index contributed by atoms with van der Waals surface area (Å²) in [5.74, 6) is 0.564. The second-order valence-corrected chi connectivity index (χ2v) is 10.5. The van der Waals surface area contributed by atoms with Gasteiger partial charge in [0.2, 0.25) is 15.9 Å². The predicted octanol–water partition coefficient (Wildman–Crippen LogP) is 2.36. The Hall–Kier alpha value is -3.37. The van der Waals surface area contributed by atoms with Gasteiger partial charge in [-0.15, -0.1) is 0 Å². The van der Waals surface area contributed by atoms with Crippen molar-refractivity contribution < 1.29 is 13.2 Å². The molecule has 4 aromatic rings. The smallest absolute Gasteiger partial charge is 0.252 e. The molecule has 9 nitrogen and oxygen atoms in total. The van der Waals surface area contributed by atoms with Crippen LogP contribution < -0.4 is 0 Å².